The van der Waals surface area contributed by atoms with Crippen molar-refractivity contribution in [2.75, 3.05) is 19.8 Å². The topological polar surface area (TPSA) is 79.2 Å². The minimum absolute atomic E-state index is 0.218. The predicted octanol–water partition coefficient (Wildman–Crippen LogP) is 5.30. The maximum Gasteiger partial charge on any atom is 0.111 e. The van der Waals surface area contributed by atoms with Crippen LogP contribution in [-0.4, -0.2) is 59.6 Å². The van der Waals surface area contributed by atoms with Crippen molar-refractivity contribution in [2.45, 2.75) is 134 Å². The Kier molecular flexibility index (Phi) is 18.6. The first kappa shape index (κ1) is 28.6. The highest BCUT2D eigenvalue weighted by Crippen LogP contribution is 2.18. The van der Waals surface area contributed by atoms with Crippen LogP contribution in [0.3, 0.4) is 0 Å². The van der Waals surface area contributed by atoms with E-state index in [1.54, 1.807) is 0 Å². The summed E-state index contributed by atoms with van der Waals surface area (Å²) in [5.74, 6) is 0. The van der Waals surface area contributed by atoms with Gasteiger partial charge in [-0.05, 0) is 32.1 Å². The van der Waals surface area contributed by atoms with Gasteiger partial charge in [-0.1, -0.05) is 89.7 Å². The second kappa shape index (κ2) is 20.2. The van der Waals surface area contributed by atoms with Gasteiger partial charge in [0.25, 0.3) is 0 Å². The van der Waals surface area contributed by atoms with Gasteiger partial charge in [0.15, 0.2) is 0 Å². The standard InChI is InChI=1S/C26H50O5/c1-2-3-4-5-6-7-8-9-10-11-12-13-14-15-16-17-18-19-20-30-24-22-31-23(21-27)25(28)26(24)29/h11-12,23-29H,2-10,13-22H2,1H3/b12-11+/t23-,24+,25-,26-/m0/s1. The van der Waals surface area contributed by atoms with E-state index in [-0.39, 0.29) is 13.2 Å². The molecule has 1 fully saturated rings. The third-order valence-corrected chi connectivity index (χ3v) is 6.25. The third kappa shape index (κ3) is 14.3. The number of aliphatic hydroxyl groups excluding tert-OH is 3. The maximum atomic E-state index is 10.0. The summed E-state index contributed by atoms with van der Waals surface area (Å²) in [7, 11) is 0. The lowest BCUT2D eigenvalue weighted by atomic mass is 10.0. The van der Waals surface area contributed by atoms with E-state index in [9.17, 15) is 10.2 Å². The molecule has 0 spiro atoms. The number of allylic oxidation sites excluding steroid dienone is 2. The molecule has 1 heterocycles. The Morgan fingerprint density at radius 3 is 1.81 bits per heavy atom. The number of unbranched alkanes of at least 4 members (excludes halogenated alkanes) is 14. The third-order valence-electron chi connectivity index (χ3n) is 6.25. The van der Waals surface area contributed by atoms with Crippen LogP contribution in [0.25, 0.3) is 0 Å². The molecule has 4 atom stereocenters. The largest absolute Gasteiger partial charge is 0.394 e. The molecule has 1 aliphatic rings. The molecule has 0 aromatic heterocycles. The van der Waals surface area contributed by atoms with Crippen molar-refractivity contribution in [1.29, 1.82) is 0 Å². The lowest BCUT2D eigenvalue weighted by molar-refractivity contribution is -0.208. The average molecular weight is 443 g/mol. The molecule has 0 aromatic rings. The summed E-state index contributed by atoms with van der Waals surface area (Å²) in [5, 5.41) is 28.9. The van der Waals surface area contributed by atoms with Crippen molar-refractivity contribution in [2.24, 2.45) is 0 Å². The molecule has 0 bridgehead atoms. The van der Waals surface area contributed by atoms with Crippen LogP contribution in [0.15, 0.2) is 12.2 Å². The van der Waals surface area contributed by atoms with Crippen LogP contribution in [0, 0.1) is 0 Å². The van der Waals surface area contributed by atoms with E-state index in [2.05, 4.69) is 19.1 Å². The molecule has 184 valence electrons. The van der Waals surface area contributed by atoms with Crippen molar-refractivity contribution in [3.63, 3.8) is 0 Å². The lowest BCUT2D eigenvalue weighted by Crippen LogP contribution is -2.55. The summed E-state index contributed by atoms with van der Waals surface area (Å²) in [5.41, 5.74) is 0. The number of hydrogen-bond acceptors (Lipinski definition) is 5. The highest BCUT2D eigenvalue weighted by Gasteiger charge is 2.38. The van der Waals surface area contributed by atoms with Gasteiger partial charge in [0.1, 0.15) is 24.4 Å². The zero-order valence-corrected chi connectivity index (χ0v) is 20.1. The monoisotopic (exact) mass is 442 g/mol. The smallest absolute Gasteiger partial charge is 0.111 e. The first-order chi connectivity index (χ1) is 15.2. The summed E-state index contributed by atoms with van der Waals surface area (Å²) in [4.78, 5) is 0. The summed E-state index contributed by atoms with van der Waals surface area (Å²) in [6.45, 7) is 2.77. The zero-order chi connectivity index (χ0) is 22.6. The van der Waals surface area contributed by atoms with Gasteiger partial charge in [-0.25, -0.2) is 0 Å². The fourth-order valence-corrected chi connectivity index (χ4v) is 4.10. The Bertz CT molecular complexity index is 415. The Morgan fingerprint density at radius 2 is 1.26 bits per heavy atom. The van der Waals surface area contributed by atoms with Crippen molar-refractivity contribution < 1.29 is 24.8 Å². The van der Waals surface area contributed by atoms with Gasteiger partial charge in [-0.15, -0.1) is 0 Å². The van der Waals surface area contributed by atoms with E-state index in [4.69, 9.17) is 14.6 Å². The second-order valence-electron chi connectivity index (χ2n) is 9.09. The van der Waals surface area contributed by atoms with Crippen molar-refractivity contribution in [1.82, 2.24) is 0 Å². The molecule has 1 aliphatic heterocycles. The summed E-state index contributed by atoms with van der Waals surface area (Å²) in [6.07, 6.45) is 22.1. The SMILES string of the molecule is CCCCCCCCCC/C=C/CCCCCCCCO[C@@H]1CO[C@@H](CO)[C@H](O)[C@H]1O. The van der Waals surface area contributed by atoms with E-state index in [0.717, 1.165) is 12.8 Å². The first-order valence-corrected chi connectivity index (χ1v) is 13.1. The molecule has 31 heavy (non-hydrogen) atoms. The maximum absolute atomic E-state index is 10.0. The molecule has 5 heteroatoms. The fourth-order valence-electron chi connectivity index (χ4n) is 4.10. The fraction of sp³-hybridized carbons (Fsp3) is 0.923. The van der Waals surface area contributed by atoms with Gasteiger partial charge >= 0.3 is 0 Å². The van der Waals surface area contributed by atoms with Gasteiger partial charge in [-0.3, -0.25) is 0 Å². The Balaban J connectivity index is 1.81. The summed E-state index contributed by atoms with van der Waals surface area (Å²) < 4.78 is 11.0. The zero-order valence-electron chi connectivity index (χ0n) is 20.1. The summed E-state index contributed by atoms with van der Waals surface area (Å²) >= 11 is 0. The Labute approximate surface area is 191 Å². The Morgan fingerprint density at radius 1 is 0.742 bits per heavy atom. The summed E-state index contributed by atoms with van der Waals surface area (Å²) in [6, 6.07) is 0. The molecule has 0 aromatic carbocycles. The predicted molar refractivity (Wildman–Crippen MR) is 127 cm³/mol. The van der Waals surface area contributed by atoms with Gasteiger partial charge in [0.2, 0.25) is 0 Å². The van der Waals surface area contributed by atoms with Gasteiger partial charge in [0.05, 0.1) is 13.2 Å². The first-order valence-electron chi connectivity index (χ1n) is 13.1. The molecule has 0 aliphatic carbocycles. The highest BCUT2D eigenvalue weighted by atomic mass is 16.6. The van der Waals surface area contributed by atoms with E-state index < -0.39 is 24.4 Å². The molecular formula is C26H50O5. The van der Waals surface area contributed by atoms with Crippen molar-refractivity contribution in [3.05, 3.63) is 12.2 Å². The molecule has 3 N–H and O–H groups in total. The molecule has 0 amide bonds. The van der Waals surface area contributed by atoms with Gasteiger partial charge in [-0.2, -0.15) is 0 Å². The van der Waals surface area contributed by atoms with Crippen molar-refractivity contribution >= 4 is 0 Å². The molecule has 1 rings (SSSR count). The lowest BCUT2D eigenvalue weighted by Gasteiger charge is -2.36. The quantitative estimate of drug-likeness (QED) is 0.176. The molecule has 0 radical (unpaired) electrons. The highest BCUT2D eigenvalue weighted by molar-refractivity contribution is 4.87. The molecule has 0 saturated carbocycles. The van der Waals surface area contributed by atoms with E-state index in [1.807, 2.05) is 0 Å². The van der Waals surface area contributed by atoms with E-state index >= 15 is 0 Å². The minimum Gasteiger partial charge on any atom is -0.394 e. The van der Waals surface area contributed by atoms with Crippen LogP contribution in [0.5, 0.6) is 0 Å². The van der Waals surface area contributed by atoms with Crippen molar-refractivity contribution in [3.8, 4) is 0 Å². The average Bonchev–Trinajstić information content (AvgIpc) is 2.78. The number of ether oxygens (including phenoxy) is 2. The van der Waals surface area contributed by atoms with Crippen LogP contribution in [0.2, 0.25) is 0 Å². The number of rotatable bonds is 20. The molecule has 1 saturated heterocycles. The number of hydrogen-bond donors (Lipinski definition) is 3. The van der Waals surface area contributed by atoms with Gasteiger partial charge < -0.3 is 24.8 Å². The number of aliphatic hydroxyl groups is 3. The van der Waals surface area contributed by atoms with Gasteiger partial charge in [0, 0.05) is 6.61 Å². The van der Waals surface area contributed by atoms with Crippen LogP contribution >= 0.6 is 0 Å². The molecule has 5 nitrogen and oxygen atoms in total. The van der Waals surface area contributed by atoms with Crippen LogP contribution in [0.4, 0.5) is 0 Å². The van der Waals surface area contributed by atoms with Crippen LogP contribution in [-0.2, 0) is 9.47 Å². The van der Waals surface area contributed by atoms with E-state index in [0.29, 0.717) is 6.61 Å². The van der Waals surface area contributed by atoms with E-state index in [1.165, 1.54) is 89.9 Å². The second-order valence-corrected chi connectivity index (χ2v) is 9.09. The van der Waals surface area contributed by atoms with Crippen LogP contribution < -0.4 is 0 Å². The molecular weight excluding hydrogens is 392 g/mol. The Hall–Kier alpha value is -0.460. The minimum atomic E-state index is -1.09. The molecule has 0 unspecified atom stereocenters. The normalized spacial score (nSPS) is 24.3. The van der Waals surface area contributed by atoms with Crippen LogP contribution in [0.1, 0.15) is 110 Å².